The maximum absolute atomic E-state index is 5.18. The molecule has 0 saturated heterocycles. The Balaban J connectivity index is 1.22. The molecule has 0 unspecified atom stereocenters. The summed E-state index contributed by atoms with van der Waals surface area (Å²) in [5.41, 5.74) is 13.6. The van der Waals surface area contributed by atoms with Crippen LogP contribution in [0.25, 0.3) is 43.6 Å². The molecule has 0 radical (unpaired) electrons. The Morgan fingerprint density at radius 3 is 1.24 bits per heavy atom. The van der Waals surface area contributed by atoms with Crippen LogP contribution in [0.1, 0.15) is 49.9 Å². The van der Waals surface area contributed by atoms with Gasteiger partial charge in [-0.2, -0.15) is 0 Å². The molecule has 11 rings (SSSR count). The summed E-state index contributed by atoms with van der Waals surface area (Å²) in [6.45, 7) is 9.39. The summed E-state index contributed by atoms with van der Waals surface area (Å²) in [5, 5.41) is 1.13. The molecule has 284 valence electrons. The predicted molar refractivity (Wildman–Crippen MR) is 245 cm³/mol. The average Bonchev–Trinajstić information content (AvgIpc) is 3.73. The van der Waals surface area contributed by atoms with Crippen molar-refractivity contribution in [3.05, 3.63) is 198 Å². The molecule has 0 fully saturated rings. The van der Waals surface area contributed by atoms with Crippen LogP contribution in [-0.2, 0) is 10.8 Å². The van der Waals surface area contributed by atoms with Crippen LogP contribution in [0.4, 0.5) is 34.1 Å². The van der Waals surface area contributed by atoms with Gasteiger partial charge in [0.2, 0.25) is 0 Å². The minimum Gasteiger partial charge on any atom is -0.308 e. The lowest BCUT2D eigenvalue weighted by Crippen LogP contribution is -2.33. The molecule has 0 spiro atoms. The molecule has 2 aliphatic heterocycles. The van der Waals surface area contributed by atoms with E-state index in [9.17, 15) is 0 Å². The maximum atomic E-state index is 5.18. The minimum atomic E-state index is -0.209. The molecule has 0 aliphatic carbocycles. The molecular formula is C53H41N5S. The number of nitrogens with zero attached hydrogens (tertiary/aromatic N) is 5. The van der Waals surface area contributed by atoms with Crippen LogP contribution < -0.4 is 9.80 Å². The third-order valence-electron chi connectivity index (χ3n) is 12.3. The van der Waals surface area contributed by atoms with E-state index in [1.165, 1.54) is 45.0 Å². The first-order valence-electron chi connectivity index (χ1n) is 20.2. The predicted octanol–water partition coefficient (Wildman–Crippen LogP) is 14.3. The van der Waals surface area contributed by atoms with E-state index < -0.39 is 0 Å². The van der Waals surface area contributed by atoms with E-state index in [2.05, 4.69) is 177 Å². The summed E-state index contributed by atoms with van der Waals surface area (Å²) in [7, 11) is 0. The van der Waals surface area contributed by atoms with E-state index in [0.717, 1.165) is 37.5 Å². The van der Waals surface area contributed by atoms with Crippen molar-refractivity contribution in [3.8, 4) is 33.5 Å². The SMILES string of the molecule is CC1(C)c2ccccc2N(c2ccc3cc(-c4nc(-c5ccccc5)nc(-c5ccccc5)n4)sc3c2N2c3ccccc3C(C)(C)c3ccccc32)c2ccccc21. The Labute approximate surface area is 349 Å². The first kappa shape index (κ1) is 35.3. The van der Waals surface area contributed by atoms with Crippen LogP contribution >= 0.6 is 11.3 Å². The molecule has 4 heterocycles. The summed E-state index contributed by atoms with van der Waals surface area (Å²) < 4.78 is 1.16. The Morgan fingerprint density at radius 1 is 0.390 bits per heavy atom. The lowest BCUT2D eigenvalue weighted by molar-refractivity contribution is 0.630. The van der Waals surface area contributed by atoms with Gasteiger partial charge in [-0.1, -0.05) is 167 Å². The average molecular weight is 780 g/mol. The van der Waals surface area contributed by atoms with Crippen molar-refractivity contribution in [3.63, 3.8) is 0 Å². The molecule has 2 aromatic heterocycles. The Hall–Kier alpha value is -6.89. The van der Waals surface area contributed by atoms with Crippen molar-refractivity contribution >= 4 is 55.5 Å². The van der Waals surface area contributed by atoms with Gasteiger partial charge in [-0.05, 0) is 64.0 Å². The van der Waals surface area contributed by atoms with Gasteiger partial charge < -0.3 is 9.80 Å². The van der Waals surface area contributed by atoms with Gasteiger partial charge in [0, 0.05) is 22.0 Å². The molecule has 9 aromatic rings. The van der Waals surface area contributed by atoms with Crippen LogP contribution in [0.15, 0.2) is 176 Å². The van der Waals surface area contributed by atoms with Gasteiger partial charge in [0.25, 0.3) is 0 Å². The van der Waals surface area contributed by atoms with Crippen molar-refractivity contribution in [2.24, 2.45) is 0 Å². The molecular weight excluding hydrogens is 739 g/mol. The van der Waals surface area contributed by atoms with Crippen molar-refractivity contribution < 1.29 is 0 Å². The fourth-order valence-electron chi connectivity index (χ4n) is 9.34. The zero-order chi connectivity index (χ0) is 39.9. The van der Waals surface area contributed by atoms with E-state index in [1.54, 1.807) is 11.3 Å². The second-order valence-corrected chi connectivity index (χ2v) is 17.5. The number of hydrogen-bond donors (Lipinski definition) is 0. The standard InChI is InChI=1S/C53H41N5S/c1-52(2)37-23-11-15-27-41(37)57(42-28-16-12-24-38(42)52)45-32-31-36-33-46(51-55-49(34-19-7-5-8-20-34)54-50(56-51)35-21-9-6-10-22-35)59-48(36)47(45)58-43-29-17-13-25-39(43)53(3,4)40-26-14-18-30-44(40)58/h5-33H,1-4H3. The number of benzene rings is 7. The molecule has 0 N–H and O–H groups in total. The summed E-state index contributed by atoms with van der Waals surface area (Å²) in [6, 6.07) is 63.0. The quantitative estimate of drug-likeness (QED) is 0.174. The van der Waals surface area contributed by atoms with E-state index in [0.29, 0.717) is 17.5 Å². The van der Waals surface area contributed by atoms with Crippen LogP contribution in [0.5, 0.6) is 0 Å². The smallest absolute Gasteiger partial charge is 0.174 e. The van der Waals surface area contributed by atoms with Gasteiger partial charge in [-0.3, -0.25) is 0 Å². The van der Waals surface area contributed by atoms with E-state index >= 15 is 0 Å². The number of anilines is 6. The van der Waals surface area contributed by atoms with Crippen LogP contribution in [0, 0.1) is 0 Å². The van der Waals surface area contributed by atoms with Crippen molar-refractivity contribution in [2.45, 2.75) is 38.5 Å². The zero-order valence-electron chi connectivity index (χ0n) is 33.4. The molecule has 0 bridgehead atoms. The fraction of sp³-hybridized carbons (Fsp3) is 0.113. The summed E-state index contributed by atoms with van der Waals surface area (Å²) in [6.07, 6.45) is 0. The summed E-state index contributed by atoms with van der Waals surface area (Å²) in [5.74, 6) is 1.96. The Kier molecular flexibility index (Phi) is 7.97. The maximum Gasteiger partial charge on any atom is 0.174 e. The lowest BCUT2D eigenvalue weighted by atomic mass is 9.73. The third kappa shape index (κ3) is 5.47. The highest BCUT2D eigenvalue weighted by molar-refractivity contribution is 7.22. The summed E-state index contributed by atoms with van der Waals surface area (Å²) in [4.78, 5) is 21.4. The van der Waals surface area contributed by atoms with E-state index in [4.69, 9.17) is 15.0 Å². The molecule has 0 atom stereocenters. The third-order valence-corrected chi connectivity index (χ3v) is 13.5. The molecule has 2 aliphatic rings. The Morgan fingerprint density at radius 2 is 0.780 bits per heavy atom. The largest absolute Gasteiger partial charge is 0.308 e. The highest BCUT2D eigenvalue weighted by Gasteiger charge is 2.41. The van der Waals surface area contributed by atoms with Gasteiger partial charge in [-0.25, -0.2) is 15.0 Å². The second kappa shape index (κ2) is 13.3. The van der Waals surface area contributed by atoms with Crippen molar-refractivity contribution in [1.82, 2.24) is 15.0 Å². The van der Waals surface area contributed by atoms with Crippen LogP contribution in [0.2, 0.25) is 0 Å². The highest BCUT2D eigenvalue weighted by atomic mass is 32.1. The molecule has 7 aromatic carbocycles. The topological polar surface area (TPSA) is 45.2 Å². The summed E-state index contributed by atoms with van der Waals surface area (Å²) >= 11 is 1.75. The normalized spacial score (nSPS) is 14.6. The zero-order valence-corrected chi connectivity index (χ0v) is 34.2. The monoisotopic (exact) mass is 779 g/mol. The van der Waals surface area contributed by atoms with Crippen LogP contribution in [-0.4, -0.2) is 15.0 Å². The number of aromatic nitrogens is 3. The van der Waals surface area contributed by atoms with E-state index in [1.807, 2.05) is 36.4 Å². The first-order chi connectivity index (χ1) is 28.8. The van der Waals surface area contributed by atoms with Crippen molar-refractivity contribution in [1.29, 1.82) is 0 Å². The number of fused-ring (bicyclic) bond motifs is 5. The fourth-order valence-corrected chi connectivity index (χ4v) is 10.5. The second-order valence-electron chi connectivity index (χ2n) is 16.5. The number of hydrogen-bond acceptors (Lipinski definition) is 6. The molecule has 0 amide bonds. The molecule has 5 nitrogen and oxygen atoms in total. The Bertz CT molecular complexity index is 2920. The molecule has 0 saturated carbocycles. The minimum absolute atomic E-state index is 0.190. The van der Waals surface area contributed by atoms with E-state index in [-0.39, 0.29) is 10.8 Å². The molecule has 59 heavy (non-hydrogen) atoms. The van der Waals surface area contributed by atoms with Gasteiger partial charge in [0.1, 0.15) is 0 Å². The van der Waals surface area contributed by atoms with Gasteiger partial charge >= 0.3 is 0 Å². The highest BCUT2D eigenvalue weighted by Crippen LogP contribution is 2.60. The molecule has 6 heteroatoms. The van der Waals surface area contributed by atoms with Gasteiger partial charge in [-0.15, -0.1) is 11.3 Å². The van der Waals surface area contributed by atoms with Crippen molar-refractivity contribution in [2.75, 3.05) is 9.80 Å². The van der Waals surface area contributed by atoms with Crippen LogP contribution in [0.3, 0.4) is 0 Å². The lowest BCUT2D eigenvalue weighted by Gasteiger charge is -2.45. The number of para-hydroxylation sites is 4. The van der Waals surface area contributed by atoms with Gasteiger partial charge in [0.05, 0.1) is 43.7 Å². The first-order valence-corrected chi connectivity index (χ1v) is 21.0. The van der Waals surface area contributed by atoms with Gasteiger partial charge in [0.15, 0.2) is 17.5 Å². The number of thiophene rings is 1. The number of rotatable bonds is 5.